The van der Waals surface area contributed by atoms with Crippen LogP contribution in [0.5, 0.6) is 0 Å². The van der Waals surface area contributed by atoms with Crippen LogP contribution in [0.25, 0.3) is 0 Å². The molecule has 0 aliphatic carbocycles. The average Bonchev–Trinajstić information content (AvgIpc) is 2.72. The van der Waals surface area contributed by atoms with Crippen LogP contribution in [0.2, 0.25) is 5.02 Å². The Morgan fingerprint density at radius 1 is 1.47 bits per heavy atom. The van der Waals surface area contributed by atoms with Crippen LogP contribution in [0.4, 0.5) is 4.39 Å². The molecule has 2 aromatic rings. The number of thioether (sulfide) groups is 1. The lowest BCUT2D eigenvalue weighted by Gasteiger charge is -2.02. The van der Waals surface area contributed by atoms with E-state index < -0.39 is 0 Å². The Labute approximate surface area is 95.1 Å². The van der Waals surface area contributed by atoms with Crippen LogP contribution in [-0.4, -0.2) is 15.2 Å². The molecule has 1 heterocycles. The molecule has 0 fully saturated rings. The molecule has 0 bridgehead atoms. The molecular formula is C9H7ClFN3S. The predicted octanol–water partition coefficient (Wildman–Crippen LogP) is 2.89. The molecule has 0 aliphatic rings. The fraction of sp³-hybridized carbons (Fsp3) is 0.111. The Kier molecular flexibility index (Phi) is 3.23. The minimum atomic E-state index is -0.285. The van der Waals surface area contributed by atoms with E-state index >= 15 is 0 Å². The van der Waals surface area contributed by atoms with E-state index in [4.69, 9.17) is 11.6 Å². The van der Waals surface area contributed by atoms with Crippen molar-refractivity contribution in [2.24, 2.45) is 0 Å². The van der Waals surface area contributed by atoms with Gasteiger partial charge in [0.25, 0.3) is 0 Å². The van der Waals surface area contributed by atoms with Gasteiger partial charge in [-0.25, -0.2) is 9.37 Å². The number of rotatable bonds is 3. The smallest absolute Gasteiger partial charge is 0.183 e. The molecule has 0 amide bonds. The lowest BCUT2D eigenvalue weighted by Crippen LogP contribution is -1.86. The van der Waals surface area contributed by atoms with Gasteiger partial charge in [0.05, 0.1) is 0 Å². The molecule has 78 valence electrons. The molecule has 0 unspecified atom stereocenters. The van der Waals surface area contributed by atoms with E-state index in [2.05, 4.69) is 15.2 Å². The van der Waals surface area contributed by atoms with Crippen molar-refractivity contribution in [1.82, 2.24) is 15.2 Å². The third-order valence-electron chi connectivity index (χ3n) is 1.77. The van der Waals surface area contributed by atoms with E-state index in [1.165, 1.54) is 30.2 Å². The Bertz CT molecular complexity index is 447. The van der Waals surface area contributed by atoms with Crippen molar-refractivity contribution >= 4 is 23.4 Å². The zero-order valence-corrected chi connectivity index (χ0v) is 9.15. The molecule has 2 rings (SSSR count). The zero-order chi connectivity index (χ0) is 10.7. The topological polar surface area (TPSA) is 41.6 Å². The van der Waals surface area contributed by atoms with E-state index in [-0.39, 0.29) is 5.82 Å². The lowest BCUT2D eigenvalue weighted by atomic mass is 10.2. The summed E-state index contributed by atoms with van der Waals surface area (Å²) in [5, 5.41) is 7.67. The normalized spacial score (nSPS) is 10.5. The molecule has 1 N–H and O–H groups in total. The van der Waals surface area contributed by atoms with Gasteiger partial charge < -0.3 is 0 Å². The summed E-state index contributed by atoms with van der Waals surface area (Å²) < 4.78 is 12.9. The maximum atomic E-state index is 12.9. The highest BCUT2D eigenvalue weighted by molar-refractivity contribution is 7.98. The predicted molar refractivity (Wildman–Crippen MR) is 57.4 cm³/mol. The van der Waals surface area contributed by atoms with E-state index in [0.717, 1.165) is 5.56 Å². The molecule has 15 heavy (non-hydrogen) atoms. The SMILES string of the molecule is Fc1ccc(Cl)c(CSc2ncn[nH]2)c1. The third kappa shape index (κ3) is 2.70. The highest BCUT2D eigenvalue weighted by Crippen LogP contribution is 2.24. The zero-order valence-electron chi connectivity index (χ0n) is 7.58. The minimum Gasteiger partial charge on any atom is -0.254 e. The molecule has 0 saturated heterocycles. The van der Waals surface area contributed by atoms with Crippen molar-refractivity contribution in [2.45, 2.75) is 10.9 Å². The fourth-order valence-corrected chi connectivity index (χ4v) is 2.10. The van der Waals surface area contributed by atoms with Gasteiger partial charge in [0, 0.05) is 10.8 Å². The van der Waals surface area contributed by atoms with Gasteiger partial charge in [-0.1, -0.05) is 23.4 Å². The number of hydrogen-bond donors (Lipinski definition) is 1. The highest BCUT2D eigenvalue weighted by atomic mass is 35.5. The minimum absolute atomic E-state index is 0.285. The van der Waals surface area contributed by atoms with E-state index in [9.17, 15) is 4.39 Å². The largest absolute Gasteiger partial charge is 0.254 e. The van der Waals surface area contributed by atoms with Crippen LogP contribution in [0.3, 0.4) is 0 Å². The van der Waals surface area contributed by atoms with Crippen molar-refractivity contribution in [3.63, 3.8) is 0 Å². The summed E-state index contributed by atoms with van der Waals surface area (Å²) in [6.07, 6.45) is 1.43. The second-order valence-electron chi connectivity index (χ2n) is 2.82. The van der Waals surface area contributed by atoms with Gasteiger partial charge >= 0.3 is 0 Å². The number of H-pyrrole nitrogens is 1. The van der Waals surface area contributed by atoms with Crippen LogP contribution in [0, 0.1) is 5.82 Å². The number of benzene rings is 1. The van der Waals surface area contributed by atoms with Crippen molar-refractivity contribution in [1.29, 1.82) is 0 Å². The third-order valence-corrected chi connectivity index (χ3v) is 3.06. The number of aromatic nitrogens is 3. The van der Waals surface area contributed by atoms with Crippen molar-refractivity contribution in [3.8, 4) is 0 Å². The molecular weight excluding hydrogens is 237 g/mol. The molecule has 0 atom stereocenters. The van der Waals surface area contributed by atoms with Crippen molar-refractivity contribution in [2.75, 3.05) is 0 Å². The standard InChI is InChI=1S/C9H7ClFN3S/c10-8-2-1-7(11)3-6(8)4-15-9-12-5-13-14-9/h1-3,5H,4H2,(H,12,13,14). The maximum absolute atomic E-state index is 12.9. The van der Waals surface area contributed by atoms with Crippen LogP contribution in [0.15, 0.2) is 29.7 Å². The van der Waals surface area contributed by atoms with Gasteiger partial charge in [-0.2, -0.15) is 5.10 Å². The monoisotopic (exact) mass is 243 g/mol. The number of aromatic amines is 1. The second-order valence-corrected chi connectivity index (χ2v) is 4.19. The number of nitrogens with one attached hydrogen (secondary N) is 1. The van der Waals surface area contributed by atoms with Gasteiger partial charge in [-0.05, 0) is 23.8 Å². The van der Waals surface area contributed by atoms with Crippen LogP contribution < -0.4 is 0 Å². The quantitative estimate of drug-likeness (QED) is 0.843. The Hall–Kier alpha value is -1.07. The van der Waals surface area contributed by atoms with Gasteiger partial charge in [-0.15, -0.1) is 0 Å². The molecule has 0 aliphatic heterocycles. The van der Waals surface area contributed by atoms with Gasteiger partial charge in [0.1, 0.15) is 12.1 Å². The molecule has 3 nitrogen and oxygen atoms in total. The van der Waals surface area contributed by atoms with Crippen LogP contribution in [-0.2, 0) is 5.75 Å². The summed E-state index contributed by atoms with van der Waals surface area (Å²) in [5.41, 5.74) is 0.748. The Morgan fingerprint density at radius 2 is 2.33 bits per heavy atom. The summed E-state index contributed by atoms with van der Waals surface area (Å²) in [4.78, 5) is 3.94. The molecule has 1 aromatic heterocycles. The van der Waals surface area contributed by atoms with Gasteiger partial charge in [0.2, 0.25) is 0 Å². The first-order valence-corrected chi connectivity index (χ1v) is 5.54. The van der Waals surface area contributed by atoms with E-state index in [1.54, 1.807) is 6.07 Å². The molecule has 0 saturated carbocycles. The summed E-state index contributed by atoms with van der Waals surface area (Å²) in [6.45, 7) is 0. The lowest BCUT2D eigenvalue weighted by molar-refractivity contribution is 0.626. The number of hydrogen-bond acceptors (Lipinski definition) is 3. The number of halogens is 2. The highest BCUT2D eigenvalue weighted by Gasteiger charge is 2.04. The van der Waals surface area contributed by atoms with Gasteiger partial charge in [0.15, 0.2) is 5.16 Å². The summed E-state index contributed by atoms with van der Waals surface area (Å²) in [7, 11) is 0. The van der Waals surface area contributed by atoms with Crippen molar-refractivity contribution < 1.29 is 4.39 Å². The molecule has 1 aromatic carbocycles. The Morgan fingerprint density at radius 3 is 3.07 bits per heavy atom. The first-order chi connectivity index (χ1) is 7.25. The average molecular weight is 244 g/mol. The van der Waals surface area contributed by atoms with Crippen molar-refractivity contribution in [3.05, 3.63) is 40.9 Å². The summed E-state index contributed by atoms with van der Waals surface area (Å²) in [6, 6.07) is 4.31. The molecule has 0 spiro atoms. The second kappa shape index (κ2) is 4.63. The number of nitrogens with zero attached hydrogens (tertiary/aromatic N) is 2. The fourth-order valence-electron chi connectivity index (χ4n) is 1.06. The van der Waals surface area contributed by atoms with Crippen LogP contribution >= 0.6 is 23.4 Å². The first-order valence-electron chi connectivity index (χ1n) is 4.18. The summed E-state index contributed by atoms with van der Waals surface area (Å²) >= 11 is 7.33. The Balaban J connectivity index is 2.07. The first kappa shape index (κ1) is 10.4. The summed E-state index contributed by atoms with van der Waals surface area (Å²) in [5.74, 6) is 0.277. The van der Waals surface area contributed by atoms with Crippen LogP contribution in [0.1, 0.15) is 5.56 Å². The molecule has 6 heteroatoms. The molecule has 0 radical (unpaired) electrons. The maximum Gasteiger partial charge on any atom is 0.183 e. The van der Waals surface area contributed by atoms with Gasteiger partial charge in [-0.3, -0.25) is 5.10 Å². The van der Waals surface area contributed by atoms with E-state index in [0.29, 0.717) is 15.9 Å². The van der Waals surface area contributed by atoms with E-state index in [1.807, 2.05) is 0 Å².